The Morgan fingerprint density at radius 3 is 2.73 bits per heavy atom. The first kappa shape index (κ1) is 10.4. The number of nitrogens with zero attached hydrogens (tertiary/aromatic N) is 1. The summed E-state index contributed by atoms with van der Waals surface area (Å²) in [7, 11) is 1.93. The topological polar surface area (TPSA) is 45.2 Å². The number of anilines is 1. The van der Waals surface area contributed by atoms with E-state index in [0.29, 0.717) is 5.92 Å². The van der Waals surface area contributed by atoms with Crippen LogP contribution < -0.4 is 5.32 Å². The maximum atomic E-state index is 9.47. The van der Waals surface area contributed by atoms with Crippen LogP contribution in [0.5, 0.6) is 0 Å². The van der Waals surface area contributed by atoms with Gasteiger partial charge in [0.05, 0.1) is 18.0 Å². The molecule has 0 radical (unpaired) electrons. The van der Waals surface area contributed by atoms with E-state index in [-0.39, 0.29) is 6.10 Å². The van der Waals surface area contributed by atoms with Crippen molar-refractivity contribution in [1.29, 1.82) is 0 Å². The summed E-state index contributed by atoms with van der Waals surface area (Å²) >= 11 is 0. The Bertz CT molecular complexity index is 319. The van der Waals surface area contributed by atoms with Gasteiger partial charge in [0.15, 0.2) is 0 Å². The van der Waals surface area contributed by atoms with E-state index < -0.39 is 0 Å². The van der Waals surface area contributed by atoms with Gasteiger partial charge in [-0.2, -0.15) is 0 Å². The highest BCUT2D eigenvalue weighted by molar-refractivity contribution is 5.50. The SMILES string of the molecule is CNc1cnccc1C1CCC(O)CC1. The quantitative estimate of drug-likeness (QED) is 0.779. The zero-order valence-electron chi connectivity index (χ0n) is 9.11. The fourth-order valence-electron chi connectivity index (χ4n) is 2.36. The largest absolute Gasteiger partial charge is 0.393 e. The van der Waals surface area contributed by atoms with Gasteiger partial charge in [0.25, 0.3) is 0 Å². The van der Waals surface area contributed by atoms with Crippen molar-refractivity contribution in [1.82, 2.24) is 4.98 Å². The van der Waals surface area contributed by atoms with Crippen LogP contribution in [0.2, 0.25) is 0 Å². The average Bonchev–Trinajstić information content (AvgIpc) is 2.30. The molecule has 3 nitrogen and oxygen atoms in total. The molecule has 0 aromatic carbocycles. The fourth-order valence-corrected chi connectivity index (χ4v) is 2.36. The molecule has 0 spiro atoms. The van der Waals surface area contributed by atoms with Crippen LogP contribution in [0.15, 0.2) is 18.5 Å². The normalized spacial score (nSPS) is 26.3. The first-order chi connectivity index (χ1) is 7.31. The van der Waals surface area contributed by atoms with E-state index in [1.54, 1.807) is 0 Å². The van der Waals surface area contributed by atoms with Crippen LogP contribution in [0.3, 0.4) is 0 Å². The van der Waals surface area contributed by atoms with E-state index >= 15 is 0 Å². The van der Waals surface area contributed by atoms with E-state index in [0.717, 1.165) is 31.4 Å². The molecule has 2 rings (SSSR count). The van der Waals surface area contributed by atoms with Gasteiger partial charge >= 0.3 is 0 Å². The van der Waals surface area contributed by atoms with Crippen molar-refractivity contribution in [2.45, 2.75) is 37.7 Å². The standard InChI is InChI=1S/C12H18N2O/c1-13-12-8-14-7-6-11(12)9-2-4-10(15)5-3-9/h6-10,13,15H,2-5H2,1H3. The van der Waals surface area contributed by atoms with Gasteiger partial charge in [-0.05, 0) is 43.2 Å². The van der Waals surface area contributed by atoms with Crippen LogP contribution in [0.4, 0.5) is 5.69 Å². The van der Waals surface area contributed by atoms with Gasteiger partial charge in [0.2, 0.25) is 0 Å². The van der Waals surface area contributed by atoms with Crippen molar-refractivity contribution in [3.8, 4) is 0 Å². The first-order valence-electron chi connectivity index (χ1n) is 5.61. The molecular weight excluding hydrogens is 188 g/mol. The lowest BCUT2D eigenvalue weighted by atomic mass is 9.82. The summed E-state index contributed by atoms with van der Waals surface area (Å²) in [5.74, 6) is 0.582. The second-order valence-electron chi connectivity index (χ2n) is 4.22. The lowest BCUT2D eigenvalue weighted by molar-refractivity contribution is 0.122. The molecule has 1 fully saturated rings. The average molecular weight is 206 g/mol. The number of nitrogens with one attached hydrogen (secondary N) is 1. The van der Waals surface area contributed by atoms with Crippen molar-refractivity contribution < 1.29 is 5.11 Å². The van der Waals surface area contributed by atoms with Crippen molar-refractivity contribution in [3.05, 3.63) is 24.0 Å². The van der Waals surface area contributed by atoms with Crippen molar-refractivity contribution in [2.24, 2.45) is 0 Å². The second-order valence-corrected chi connectivity index (χ2v) is 4.22. The van der Waals surface area contributed by atoms with Crippen LogP contribution in [-0.4, -0.2) is 23.2 Å². The molecule has 0 aliphatic heterocycles. The molecule has 82 valence electrons. The third-order valence-electron chi connectivity index (χ3n) is 3.26. The summed E-state index contributed by atoms with van der Waals surface area (Å²) in [4.78, 5) is 4.11. The van der Waals surface area contributed by atoms with Gasteiger partial charge in [-0.15, -0.1) is 0 Å². The van der Waals surface area contributed by atoms with Crippen molar-refractivity contribution in [2.75, 3.05) is 12.4 Å². The minimum absolute atomic E-state index is 0.0823. The van der Waals surface area contributed by atoms with Gasteiger partial charge < -0.3 is 10.4 Å². The Kier molecular flexibility index (Phi) is 3.21. The monoisotopic (exact) mass is 206 g/mol. The molecule has 3 heteroatoms. The second kappa shape index (κ2) is 4.62. The van der Waals surface area contributed by atoms with Gasteiger partial charge in [0, 0.05) is 13.2 Å². The molecule has 0 unspecified atom stereocenters. The zero-order chi connectivity index (χ0) is 10.7. The Morgan fingerprint density at radius 2 is 2.07 bits per heavy atom. The number of aromatic nitrogens is 1. The van der Waals surface area contributed by atoms with Crippen LogP contribution in [0.1, 0.15) is 37.2 Å². The predicted octanol–water partition coefficient (Wildman–Crippen LogP) is 2.14. The van der Waals surface area contributed by atoms with Crippen LogP contribution in [0.25, 0.3) is 0 Å². The van der Waals surface area contributed by atoms with Gasteiger partial charge in [-0.25, -0.2) is 0 Å². The van der Waals surface area contributed by atoms with E-state index in [4.69, 9.17) is 0 Å². The van der Waals surface area contributed by atoms with Crippen LogP contribution in [0, 0.1) is 0 Å². The highest BCUT2D eigenvalue weighted by Crippen LogP contribution is 2.35. The number of pyridine rings is 1. The molecular formula is C12H18N2O. The van der Waals surface area contributed by atoms with E-state index in [2.05, 4.69) is 16.4 Å². The number of rotatable bonds is 2. The molecule has 2 N–H and O–H groups in total. The smallest absolute Gasteiger partial charge is 0.0559 e. The molecule has 1 saturated carbocycles. The highest BCUT2D eigenvalue weighted by atomic mass is 16.3. The summed E-state index contributed by atoms with van der Waals surface area (Å²) < 4.78 is 0. The summed E-state index contributed by atoms with van der Waals surface area (Å²) in [6, 6.07) is 2.09. The molecule has 1 aliphatic carbocycles. The molecule has 1 aliphatic rings. The van der Waals surface area contributed by atoms with Gasteiger partial charge in [-0.3, -0.25) is 4.98 Å². The number of aliphatic hydroxyl groups excluding tert-OH is 1. The lowest BCUT2D eigenvalue weighted by Gasteiger charge is -2.26. The highest BCUT2D eigenvalue weighted by Gasteiger charge is 2.22. The Balaban J connectivity index is 2.15. The van der Waals surface area contributed by atoms with Crippen molar-refractivity contribution in [3.63, 3.8) is 0 Å². The minimum atomic E-state index is -0.0823. The van der Waals surface area contributed by atoms with E-state index in [9.17, 15) is 5.11 Å². The van der Waals surface area contributed by atoms with Crippen LogP contribution in [-0.2, 0) is 0 Å². The lowest BCUT2D eigenvalue weighted by Crippen LogP contribution is -2.17. The number of hydrogen-bond donors (Lipinski definition) is 2. The maximum Gasteiger partial charge on any atom is 0.0559 e. The fraction of sp³-hybridized carbons (Fsp3) is 0.583. The Labute approximate surface area is 90.5 Å². The predicted molar refractivity (Wildman–Crippen MR) is 61.0 cm³/mol. The van der Waals surface area contributed by atoms with Gasteiger partial charge in [0.1, 0.15) is 0 Å². The molecule has 15 heavy (non-hydrogen) atoms. The molecule has 0 saturated heterocycles. The molecule has 0 bridgehead atoms. The Morgan fingerprint density at radius 1 is 1.33 bits per heavy atom. The third-order valence-corrected chi connectivity index (χ3v) is 3.26. The van der Waals surface area contributed by atoms with Gasteiger partial charge in [-0.1, -0.05) is 0 Å². The maximum absolute atomic E-state index is 9.47. The summed E-state index contributed by atoms with van der Waals surface area (Å²) in [5.41, 5.74) is 2.47. The van der Waals surface area contributed by atoms with E-state index in [1.165, 1.54) is 5.56 Å². The van der Waals surface area contributed by atoms with Crippen molar-refractivity contribution >= 4 is 5.69 Å². The molecule has 0 atom stereocenters. The molecule has 1 heterocycles. The number of hydrogen-bond acceptors (Lipinski definition) is 3. The van der Waals surface area contributed by atoms with E-state index in [1.807, 2.05) is 19.4 Å². The third kappa shape index (κ3) is 2.29. The molecule has 1 aromatic rings. The summed E-state index contributed by atoms with van der Waals surface area (Å²) in [6.07, 6.45) is 7.66. The van der Waals surface area contributed by atoms with Crippen LogP contribution >= 0.6 is 0 Å². The Hall–Kier alpha value is -1.09. The molecule has 1 aromatic heterocycles. The molecule has 0 amide bonds. The minimum Gasteiger partial charge on any atom is -0.393 e. The summed E-state index contributed by atoms with van der Waals surface area (Å²) in [5, 5.41) is 12.7. The number of aliphatic hydroxyl groups is 1. The first-order valence-corrected chi connectivity index (χ1v) is 5.61. The zero-order valence-corrected chi connectivity index (χ0v) is 9.11. The summed E-state index contributed by atoms with van der Waals surface area (Å²) in [6.45, 7) is 0.